The van der Waals surface area contributed by atoms with Gasteiger partial charge in [0.15, 0.2) is 0 Å². The Morgan fingerprint density at radius 1 is 1.47 bits per heavy atom. The van der Waals surface area contributed by atoms with Crippen LogP contribution in [-0.4, -0.2) is 36.6 Å². The van der Waals surface area contributed by atoms with Crippen LogP contribution >= 0.6 is 11.6 Å². The van der Waals surface area contributed by atoms with Gasteiger partial charge in [-0.2, -0.15) is 13.2 Å². The van der Waals surface area contributed by atoms with E-state index in [1.54, 1.807) is 0 Å². The van der Waals surface area contributed by atoms with Gasteiger partial charge in [0.25, 0.3) is 0 Å². The highest BCUT2D eigenvalue weighted by atomic mass is 35.5. The van der Waals surface area contributed by atoms with E-state index in [1.807, 2.05) is 11.8 Å². The Balaban J connectivity index is 2.42. The molecule has 0 bridgehead atoms. The highest BCUT2D eigenvalue weighted by Crippen LogP contribution is 2.33. The zero-order chi connectivity index (χ0) is 11.5. The Morgan fingerprint density at radius 3 is 2.67 bits per heavy atom. The molecule has 1 rings (SSSR count). The molecule has 0 radical (unpaired) electrons. The minimum absolute atomic E-state index is 0.144. The van der Waals surface area contributed by atoms with Gasteiger partial charge in [0.05, 0.1) is 5.92 Å². The van der Waals surface area contributed by atoms with Gasteiger partial charge in [-0.25, -0.2) is 0 Å². The second-order valence-electron chi connectivity index (χ2n) is 4.40. The summed E-state index contributed by atoms with van der Waals surface area (Å²) in [6.07, 6.45) is -3.13. The molecule has 1 aliphatic heterocycles. The Morgan fingerprint density at radius 2 is 2.13 bits per heavy atom. The van der Waals surface area contributed by atoms with E-state index in [0.29, 0.717) is 18.8 Å². The van der Waals surface area contributed by atoms with Gasteiger partial charge in [-0.15, -0.1) is 11.6 Å². The lowest BCUT2D eigenvalue weighted by Crippen LogP contribution is -2.43. The predicted octanol–water partition coefficient (Wildman–Crippen LogP) is 3.14. The standard InChI is InChI=1S/C10H17ClF3N/c1-8(5-11)6-15-4-2-3-9(7-15)10(12,13)14/h8-9H,2-7H2,1H3. The van der Waals surface area contributed by atoms with Gasteiger partial charge in [0.1, 0.15) is 0 Å². The van der Waals surface area contributed by atoms with E-state index in [2.05, 4.69) is 0 Å². The van der Waals surface area contributed by atoms with Crippen molar-refractivity contribution in [2.24, 2.45) is 11.8 Å². The molecule has 5 heteroatoms. The second kappa shape index (κ2) is 5.39. The molecule has 0 N–H and O–H groups in total. The summed E-state index contributed by atoms with van der Waals surface area (Å²) in [5.41, 5.74) is 0. The molecule has 0 aromatic carbocycles. The van der Waals surface area contributed by atoms with Crippen LogP contribution in [0.4, 0.5) is 13.2 Å². The summed E-state index contributed by atoms with van der Waals surface area (Å²) < 4.78 is 37.4. The molecule has 90 valence electrons. The first kappa shape index (κ1) is 13.1. The lowest BCUT2D eigenvalue weighted by molar-refractivity contribution is -0.187. The van der Waals surface area contributed by atoms with Crippen molar-refractivity contribution in [3.63, 3.8) is 0 Å². The zero-order valence-electron chi connectivity index (χ0n) is 8.86. The summed E-state index contributed by atoms with van der Waals surface area (Å²) in [6, 6.07) is 0. The molecule has 1 heterocycles. The van der Waals surface area contributed by atoms with Crippen LogP contribution in [0.15, 0.2) is 0 Å². The highest BCUT2D eigenvalue weighted by Gasteiger charge is 2.41. The number of likely N-dealkylation sites (tertiary alicyclic amines) is 1. The molecule has 2 atom stereocenters. The average molecular weight is 244 g/mol. The largest absolute Gasteiger partial charge is 0.393 e. The van der Waals surface area contributed by atoms with E-state index < -0.39 is 12.1 Å². The molecule has 0 amide bonds. The van der Waals surface area contributed by atoms with Gasteiger partial charge in [0, 0.05) is 19.0 Å². The summed E-state index contributed by atoms with van der Waals surface area (Å²) in [5.74, 6) is -0.375. The van der Waals surface area contributed by atoms with Crippen molar-refractivity contribution in [2.75, 3.05) is 25.5 Å². The van der Waals surface area contributed by atoms with Crippen molar-refractivity contribution in [1.82, 2.24) is 4.90 Å². The Kier molecular flexibility index (Phi) is 4.71. The third-order valence-electron chi connectivity index (χ3n) is 2.80. The fraction of sp³-hybridized carbons (Fsp3) is 1.00. The third kappa shape index (κ3) is 4.19. The summed E-state index contributed by atoms with van der Waals surface area (Å²) in [5, 5.41) is 0. The SMILES string of the molecule is CC(CCl)CN1CCCC(C(F)(F)F)C1. The molecule has 1 nitrogen and oxygen atoms in total. The molecule has 0 aromatic rings. The van der Waals surface area contributed by atoms with E-state index >= 15 is 0 Å². The average Bonchev–Trinajstić information content (AvgIpc) is 2.17. The normalized spacial score (nSPS) is 26.6. The van der Waals surface area contributed by atoms with Gasteiger partial charge < -0.3 is 4.90 Å². The predicted molar refractivity (Wildman–Crippen MR) is 55.1 cm³/mol. The quantitative estimate of drug-likeness (QED) is 0.689. The lowest BCUT2D eigenvalue weighted by Gasteiger charge is -2.34. The molecule has 0 spiro atoms. The van der Waals surface area contributed by atoms with Crippen LogP contribution in [0.5, 0.6) is 0 Å². The maximum absolute atomic E-state index is 12.5. The number of nitrogens with zero attached hydrogens (tertiary/aromatic N) is 1. The second-order valence-corrected chi connectivity index (χ2v) is 4.71. The fourth-order valence-corrected chi connectivity index (χ4v) is 2.08. The van der Waals surface area contributed by atoms with Crippen molar-refractivity contribution in [1.29, 1.82) is 0 Å². The smallest absolute Gasteiger partial charge is 0.302 e. The van der Waals surface area contributed by atoms with Crippen LogP contribution in [-0.2, 0) is 0 Å². The van der Waals surface area contributed by atoms with Gasteiger partial charge in [-0.3, -0.25) is 0 Å². The summed E-state index contributed by atoms with van der Waals surface area (Å²) in [6.45, 7) is 3.55. The monoisotopic (exact) mass is 243 g/mol. The number of hydrogen-bond acceptors (Lipinski definition) is 1. The first-order valence-electron chi connectivity index (χ1n) is 5.28. The van der Waals surface area contributed by atoms with Gasteiger partial charge in [-0.1, -0.05) is 6.92 Å². The Labute approximate surface area is 93.6 Å². The van der Waals surface area contributed by atoms with Gasteiger partial charge in [-0.05, 0) is 25.3 Å². The topological polar surface area (TPSA) is 3.24 Å². The maximum atomic E-state index is 12.5. The van der Waals surface area contributed by atoms with Crippen LogP contribution < -0.4 is 0 Å². The van der Waals surface area contributed by atoms with E-state index in [9.17, 15) is 13.2 Å². The van der Waals surface area contributed by atoms with Crippen LogP contribution in [0, 0.1) is 11.8 Å². The third-order valence-corrected chi connectivity index (χ3v) is 3.33. The minimum atomic E-state index is -4.04. The number of rotatable bonds is 3. The zero-order valence-corrected chi connectivity index (χ0v) is 9.61. The number of hydrogen-bond donors (Lipinski definition) is 0. The Hall–Kier alpha value is 0.0400. The first-order valence-corrected chi connectivity index (χ1v) is 5.82. The number of alkyl halides is 4. The first-order chi connectivity index (χ1) is 6.93. The molecule has 0 saturated carbocycles. The number of halogens is 4. The minimum Gasteiger partial charge on any atom is -0.302 e. The van der Waals surface area contributed by atoms with Crippen molar-refractivity contribution in [3.05, 3.63) is 0 Å². The summed E-state index contributed by atoms with van der Waals surface area (Å²) in [7, 11) is 0. The van der Waals surface area contributed by atoms with E-state index in [0.717, 1.165) is 6.54 Å². The van der Waals surface area contributed by atoms with Crippen LogP contribution in [0.2, 0.25) is 0 Å². The van der Waals surface area contributed by atoms with Crippen LogP contribution in [0.1, 0.15) is 19.8 Å². The molecule has 0 aromatic heterocycles. The van der Waals surface area contributed by atoms with E-state index in [4.69, 9.17) is 11.6 Å². The van der Waals surface area contributed by atoms with Crippen LogP contribution in [0.25, 0.3) is 0 Å². The number of piperidine rings is 1. The Bertz CT molecular complexity index is 196. The molecule has 1 fully saturated rings. The molecule has 1 aliphatic rings. The van der Waals surface area contributed by atoms with Gasteiger partial charge >= 0.3 is 6.18 Å². The molecule has 1 saturated heterocycles. The van der Waals surface area contributed by atoms with Crippen molar-refractivity contribution >= 4 is 11.6 Å². The van der Waals surface area contributed by atoms with Gasteiger partial charge in [0.2, 0.25) is 0 Å². The molecular weight excluding hydrogens is 227 g/mol. The maximum Gasteiger partial charge on any atom is 0.393 e. The molecule has 15 heavy (non-hydrogen) atoms. The van der Waals surface area contributed by atoms with E-state index in [1.165, 1.54) is 0 Å². The lowest BCUT2D eigenvalue weighted by atomic mass is 9.97. The molecule has 0 aliphatic carbocycles. The summed E-state index contributed by atoms with van der Waals surface area (Å²) >= 11 is 5.65. The summed E-state index contributed by atoms with van der Waals surface area (Å²) in [4.78, 5) is 1.88. The van der Waals surface area contributed by atoms with Crippen molar-refractivity contribution in [3.8, 4) is 0 Å². The highest BCUT2D eigenvalue weighted by molar-refractivity contribution is 6.18. The van der Waals surface area contributed by atoms with Crippen molar-refractivity contribution in [2.45, 2.75) is 25.9 Å². The van der Waals surface area contributed by atoms with Crippen molar-refractivity contribution < 1.29 is 13.2 Å². The van der Waals surface area contributed by atoms with Crippen LogP contribution in [0.3, 0.4) is 0 Å². The van der Waals surface area contributed by atoms with E-state index in [-0.39, 0.29) is 18.9 Å². The molecule has 2 unspecified atom stereocenters. The molecular formula is C10H17ClF3N. The fourth-order valence-electron chi connectivity index (χ4n) is 1.98.